The fraction of sp³-hybridized carbons (Fsp3) is 0.348. The molecule has 0 aliphatic carbocycles. The second kappa shape index (κ2) is 9.20. The zero-order valence-corrected chi connectivity index (χ0v) is 19.4. The van der Waals surface area contributed by atoms with Crippen LogP contribution in [-0.2, 0) is 11.2 Å². The summed E-state index contributed by atoms with van der Waals surface area (Å²) in [6.45, 7) is 6.47. The lowest BCUT2D eigenvalue weighted by atomic mass is 9.91. The van der Waals surface area contributed by atoms with E-state index in [1.165, 1.54) is 0 Å². The number of halogens is 1. The molecule has 0 spiro atoms. The molecule has 162 valence electrons. The number of benzene rings is 2. The smallest absolute Gasteiger partial charge is 0.227 e. The molecule has 1 amide bonds. The molecule has 0 bridgehead atoms. The standard InChI is InChI=1S/C23H26BrN5O2/c1-4-31-19-7-5-6-17-13(2)25-22(27-20(17)19)29-23-26-14(3)18(21(30)28-23)12-15-8-10-16(24)11-9-15/h5-11,14,18,23,26H,4,12H2,1-3H3,(H,28,30)(H,25,27,29). The largest absolute Gasteiger partial charge is 0.492 e. The van der Waals surface area contributed by atoms with Gasteiger partial charge in [0.25, 0.3) is 0 Å². The molecule has 3 N–H and O–H groups in total. The SMILES string of the molecule is CCOc1cccc2c(C)nc(NC3NC(=O)C(Cc4ccc(Br)cc4)C(C)N3)nc12. The van der Waals surface area contributed by atoms with Crippen molar-refractivity contribution < 1.29 is 9.53 Å². The molecule has 3 unspecified atom stereocenters. The van der Waals surface area contributed by atoms with Gasteiger partial charge in [0.05, 0.1) is 18.2 Å². The van der Waals surface area contributed by atoms with Crippen molar-refractivity contribution in [2.24, 2.45) is 5.92 Å². The van der Waals surface area contributed by atoms with Crippen molar-refractivity contribution in [3.63, 3.8) is 0 Å². The van der Waals surface area contributed by atoms with Gasteiger partial charge in [0.1, 0.15) is 11.3 Å². The first-order valence-corrected chi connectivity index (χ1v) is 11.2. The predicted octanol–water partition coefficient (Wildman–Crippen LogP) is 3.76. The quantitative estimate of drug-likeness (QED) is 0.494. The van der Waals surface area contributed by atoms with E-state index in [1.807, 2.05) is 63.2 Å². The van der Waals surface area contributed by atoms with Crippen molar-refractivity contribution >= 4 is 38.7 Å². The molecular formula is C23H26BrN5O2. The molecule has 1 aromatic heterocycles. The minimum atomic E-state index is -0.459. The third-order valence-corrected chi connectivity index (χ3v) is 6.01. The summed E-state index contributed by atoms with van der Waals surface area (Å²) in [5, 5.41) is 10.6. The van der Waals surface area contributed by atoms with Crippen molar-refractivity contribution in [2.45, 2.75) is 39.5 Å². The normalized spacial score (nSPS) is 21.0. The van der Waals surface area contributed by atoms with E-state index in [2.05, 4.69) is 41.8 Å². The summed E-state index contributed by atoms with van der Waals surface area (Å²) in [5.41, 5.74) is 2.72. The Bertz CT molecular complexity index is 1090. The maximum Gasteiger partial charge on any atom is 0.227 e. The molecule has 31 heavy (non-hydrogen) atoms. The van der Waals surface area contributed by atoms with Gasteiger partial charge in [-0.05, 0) is 51.0 Å². The van der Waals surface area contributed by atoms with Crippen LogP contribution in [0.4, 0.5) is 5.95 Å². The second-order valence-corrected chi connectivity index (χ2v) is 8.61. The number of nitrogens with one attached hydrogen (secondary N) is 3. The number of rotatable bonds is 6. The van der Waals surface area contributed by atoms with Crippen LogP contribution in [0.25, 0.3) is 10.9 Å². The highest BCUT2D eigenvalue weighted by atomic mass is 79.9. The monoisotopic (exact) mass is 483 g/mol. The molecule has 8 heteroatoms. The fourth-order valence-corrected chi connectivity index (χ4v) is 4.13. The summed E-state index contributed by atoms with van der Waals surface area (Å²) in [6, 6.07) is 13.9. The molecule has 7 nitrogen and oxygen atoms in total. The lowest BCUT2D eigenvalue weighted by Gasteiger charge is -2.36. The molecule has 4 rings (SSSR count). The third kappa shape index (κ3) is 4.80. The van der Waals surface area contributed by atoms with E-state index >= 15 is 0 Å². The number of amides is 1. The highest BCUT2D eigenvalue weighted by Crippen LogP contribution is 2.27. The van der Waals surface area contributed by atoms with E-state index in [0.717, 1.165) is 32.4 Å². The molecule has 2 heterocycles. The number of ether oxygens (including phenoxy) is 1. The minimum Gasteiger partial charge on any atom is -0.492 e. The maximum absolute atomic E-state index is 12.8. The van der Waals surface area contributed by atoms with Crippen LogP contribution in [0.15, 0.2) is 46.9 Å². The number of nitrogens with zero attached hydrogens (tertiary/aromatic N) is 2. The molecular weight excluding hydrogens is 458 g/mol. The predicted molar refractivity (Wildman–Crippen MR) is 125 cm³/mol. The Morgan fingerprint density at radius 3 is 2.65 bits per heavy atom. The molecule has 1 fully saturated rings. The summed E-state index contributed by atoms with van der Waals surface area (Å²) in [5.74, 6) is 0.993. The number of fused-ring (bicyclic) bond motifs is 1. The van der Waals surface area contributed by atoms with Crippen molar-refractivity contribution in [1.82, 2.24) is 20.6 Å². The Morgan fingerprint density at radius 2 is 1.94 bits per heavy atom. The number of aryl methyl sites for hydroxylation is 1. The van der Waals surface area contributed by atoms with Crippen LogP contribution in [0.3, 0.4) is 0 Å². The van der Waals surface area contributed by atoms with Gasteiger partial charge in [0.2, 0.25) is 11.9 Å². The van der Waals surface area contributed by atoms with Crippen molar-refractivity contribution in [1.29, 1.82) is 0 Å². The second-order valence-electron chi connectivity index (χ2n) is 7.70. The van der Waals surface area contributed by atoms with Gasteiger partial charge in [-0.25, -0.2) is 9.97 Å². The average molecular weight is 484 g/mol. The molecule has 0 saturated carbocycles. The Hall–Kier alpha value is -2.71. The van der Waals surface area contributed by atoms with Gasteiger partial charge in [-0.3, -0.25) is 10.1 Å². The number of carbonyl (C=O) groups excluding carboxylic acids is 1. The number of hydrogen-bond donors (Lipinski definition) is 3. The summed E-state index contributed by atoms with van der Waals surface area (Å²) >= 11 is 3.45. The topological polar surface area (TPSA) is 88.2 Å². The first kappa shape index (κ1) is 21.5. The molecule has 1 aliphatic rings. The van der Waals surface area contributed by atoms with E-state index in [4.69, 9.17) is 4.74 Å². The van der Waals surface area contributed by atoms with Crippen LogP contribution in [-0.4, -0.2) is 34.8 Å². The summed E-state index contributed by atoms with van der Waals surface area (Å²) in [7, 11) is 0. The highest BCUT2D eigenvalue weighted by molar-refractivity contribution is 9.10. The van der Waals surface area contributed by atoms with Crippen LogP contribution < -0.4 is 20.7 Å². The Labute approximate surface area is 190 Å². The van der Waals surface area contributed by atoms with E-state index in [9.17, 15) is 4.79 Å². The fourth-order valence-electron chi connectivity index (χ4n) is 3.86. The number of anilines is 1. The van der Waals surface area contributed by atoms with Gasteiger partial charge in [-0.15, -0.1) is 0 Å². The van der Waals surface area contributed by atoms with Gasteiger partial charge in [-0.2, -0.15) is 0 Å². The number of aromatic nitrogens is 2. The number of hydrogen-bond acceptors (Lipinski definition) is 6. The Kier molecular flexibility index (Phi) is 6.38. The highest BCUT2D eigenvalue weighted by Gasteiger charge is 2.33. The molecule has 3 aromatic rings. The van der Waals surface area contributed by atoms with Crippen molar-refractivity contribution in [3.8, 4) is 5.75 Å². The van der Waals surface area contributed by atoms with E-state index in [-0.39, 0.29) is 17.9 Å². The Morgan fingerprint density at radius 1 is 1.16 bits per heavy atom. The summed E-state index contributed by atoms with van der Waals surface area (Å²) in [6.07, 6.45) is 0.211. The van der Waals surface area contributed by atoms with E-state index in [0.29, 0.717) is 19.0 Å². The van der Waals surface area contributed by atoms with Crippen molar-refractivity contribution in [3.05, 3.63) is 58.2 Å². The maximum atomic E-state index is 12.8. The van der Waals surface area contributed by atoms with Gasteiger partial charge >= 0.3 is 0 Å². The van der Waals surface area contributed by atoms with Crippen LogP contribution in [0.5, 0.6) is 5.75 Å². The summed E-state index contributed by atoms with van der Waals surface area (Å²) < 4.78 is 6.75. The molecule has 2 aromatic carbocycles. The lowest BCUT2D eigenvalue weighted by molar-refractivity contribution is -0.128. The molecule has 1 aliphatic heterocycles. The first-order chi connectivity index (χ1) is 14.9. The van der Waals surface area contributed by atoms with Gasteiger partial charge in [-0.1, -0.05) is 40.2 Å². The average Bonchev–Trinajstić information content (AvgIpc) is 2.73. The Balaban J connectivity index is 1.49. The van der Waals surface area contributed by atoms with E-state index < -0.39 is 6.29 Å². The van der Waals surface area contributed by atoms with Crippen LogP contribution in [0, 0.1) is 12.8 Å². The molecule has 0 radical (unpaired) electrons. The van der Waals surface area contributed by atoms with Crippen LogP contribution in [0.2, 0.25) is 0 Å². The zero-order chi connectivity index (χ0) is 22.0. The van der Waals surface area contributed by atoms with Gasteiger partial charge in [0.15, 0.2) is 6.29 Å². The first-order valence-electron chi connectivity index (χ1n) is 10.4. The van der Waals surface area contributed by atoms with E-state index in [1.54, 1.807) is 0 Å². The molecule has 1 saturated heterocycles. The zero-order valence-electron chi connectivity index (χ0n) is 17.8. The van der Waals surface area contributed by atoms with Crippen LogP contribution in [0.1, 0.15) is 25.1 Å². The minimum absolute atomic E-state index is 0.000754. The van der Waals surface area contributed by atoms with Crippen molar-refractivity contribution in [2.75, 3.05) is 11.9 Å². The van der Waals surface area contributed by atoms with Crippen LogP contribution >= 0.6 is 15.9 Å². The van der Waals surface area contributed by atoms with Gasteiger partial charge < -0.3 is 15.4 Å². The number of carbonyl (C=O) groups is 1. The van der Waals surface area contributed by atoms with Gasteiger partial charge in [0, 0.05) is 15.9 Å². The summed E-state index contributed by atoms with van der Waals surface area (Å²) in [4.78, 5) is 22.1. The lowest BCUT2D eigenvalue weighted by Crippen LogP contribution is -2.63. The number of para-hydroxylation sites is 1. The molecule has 3 atom stereocenters. The third-order valence-electron chi connectivity index (χ3n) is 5.48.